The summed E-state index contributed by atoms with van der Waals surface area (Å²) in [5.74, 6) is 0. The predicted octanol–water partition coefficient (Wildman–Crippen LogP) is -1.00. The van der Waals surface area contributed by atoms with Gasteiger partial charge >= 0.3 is 0 Å². The van der Waals surface area contributed by atoms with Crippen LogP contribution in [0.5, 0.6) is 0 Å². The van der Waals surface area contributed by atoms with Crippen LogP contribution in [0.4, 0.5) is 0 Å². The number of aliphatic hydroxyl groups excluding tert-OH is 2. The number of ether oxygens (including phenoxy) is 3. The molecular formula is C11H25NO5. The van der Waals surface area contributed by atoms with Crippen molar-refractivity contribution in [2.45, 2.75) is 12.5 Å². The minimum absolute atomic E-state index is 0.108. The first-order chi connectivity index (χ1) is 8.18. The fourth-order valence-corrected chi connectivity index (χ4v) is 1.05. The Kier molecular flexibility index (Phi) is 10.7. The molecule has 0 amide bonds. The topological polar surface area (TPSA) is 80.2 Å². The van der Waals surface area contributed by atoms with E-state index in [1.807, 2.05) is 0 Å². The summed E-state index contributed by atoms with van der Waals surface area (Å²) in [5, 5.41) is 21.0. The molecule has 0 bridgehead atoms. The third-order valence-electron chi connectivity index (χ3n) is 2.30. The third kappa shape index (κ3) is 9.46. The summed E-state index contributed by atoms with van der Waals surface area (Å²) < 4.78 is 15.3. The third-order valence-corrected chi connectivity index (χ3v) is 2.30. The van der Waals surface area contributed by atoms with Crippen LogP contribution in [0, 0.1) is 0 Å². The lowest BCUT2D eigenvalue weighted by atomic mass is 10.1. The quantitative estimate of drug-likeness (QED) is 0.386. The first kappa shape index (κ1) is 16.8. The summed E-state index contributed by atoms with van der Waals surface area (Å²) in [6, 6.07) is 0. The number of hydrogen-bond donors (Lipinski definition) is 3. The van der Waals surface area contributed by atoms with Gasteiger partial charge in [0.1, 0.15) is 0 Å². The average molecular weight is 251 g/mol. The molecular weight excluding hydrogens is 226 g/mol. The van der Waals surface area contributed by atoms with E-state index in [0.717, 1.165) is 0 Å². The molecule has 17 heavy (non-hydrogen) atoms. The van der Waals surface area contributed by atoms with E-state index in [1.165, 1.54) is 0 Å². The molecule has 0 aliphatic rings. The molecule has 0 spiro atoms. The predicted molar refractivity (Wildman–Crippen MR) is 64.1 cm³/mol. The minimum Gasteiger partial charge on any atom is -0.394 e. The van der Waals surface area contributed by atoms with Crippen LogP contribution in [-0.4, -0.2) is 75.7 Å². The Bertz CT molecular complexity index is 164. The minimum atomic E-state index is -0.641. The molecule has 0 aromatic rings. The van der Waals surface area contributed by atoms with Crippen LogP contribution >= 0.6 is 0 Å². The van der Waals surface area contributed by atoms with Gasteiger partial charge in [0, 0.05) is 13.7 Å². The van der Waals surface area contributed by atoms with Crippen LogP contribution in [0.2, 0.25) is 0 Å². The second-order valence-corrected chi connectivity index (χ2v) is 4.02. The van der Waals surface area contributed by atoms with Gasteiger partial charge in [-0.1, -0.05) is 0 Å². The zero-order valence-corrected chi connectivity index (χ0v) is 10.8. The zero-order chi connectivity index (χ0) is 13.0. The maximum atomic E-state index is 9.01. The van der Waals surface area contributed by atoms with Crippen LogP contribution in [0.15, 0.2) is 0 Å². The molecule has 0 rings (SSSR count). The summed E-state index contributed by atoms with van der Waals surface area (Å²) >= 11 is 0. The van der Waals surface area contributed by atoms with Crippen molar-refractivity contribution < 1.29 is 24.4 Å². The highest BCUT2D eigenvalue weighted by Crippen LogP contribution is 1.99. The van der Waals surface area contributed by atoms with Crippen LogP contribution in [0.1, 0.15) is 6.92 Å². The molecule has 0 fully saturated rings. The van der Waals surface area contributed by atoms with Crippen molar-refractivity contribution in [2.75, 3.05) is 59.9 Å². The summed E-state index contributed by atoms with van der Waals surface area (Å²) in [6.45, 7) is 4.87. The van der Waals surface area contributed by atoms with Gasteiger partial charge < -0.3 is 29.7 Å². The van der Waals surface area contributed by atoms with Crippen molar-refractivity contribution >= 4 is 0 Å². The molecule has 0 saturated carbocycles. The molecule has 0 saturated heterocycles. The maximum absolute atomic E-state index is 9.01. The van der Waals surface area contributed by atoms with Crippen LogP contribution in [0.25, 0.3) is 0 Å². The van der Waals surface area contributed by atoms with Gasteiger partial charge in [-0.25, -0.2) is 0 Å². The number of rotatable bonds is 12. The molecule has 6 nitrogen and oxygen atoms in total. The standard InChI is InChI=1S/C11H25NO5/c1-11(9-13,10-14)12-3-4-16-7-8-17-6-5-15-2/h12-14H,3-10H2,1-2H3. The lowest BCUT2D eigenvalue weighted by Crippen LogP contribution is -2.50. The molecule has 3 N–H and O–H groups in total. The van der Waals surface area contributed by atoms with Gasteiger partial charge in [-0.2, -0.15) is 0 Å². The van der Waals surface area contributed by atoms with Gasteiger partial charge in [0.2, 0.25) is 0 Å². The normalized spacial score (nSPS) is 12.0. The van der Waals surface area contributed by atoms with Gasteiger partial charge in [0.15, 0.2) is 0 Å². The van der Waals surface area contributed by atoms with Gasteiger partial charge in [-0.15, -0.1) is 0 Å². The number of aliphatic hydroxyl groups is 2. The lowest BCUT2D eigenvalue weighted by Gasteiger charge is -2.26. The van der Waals surface area contributed by atoms with Gasteiger partial charge in [-0.3, -0.25) is 0 Å². The zero-order valence-electron chi connectivity index (χ0n) is 10.8. The highest BCUT2D eigenvalue weighted by molar-refractivity contribution is 4.80. The van der Waals surface area contributed by atoms with E-state index in [9.17, 15) is 0 Å². The van der Waals surface area contributed by atoms with Crippen molar-refractivity contribution in [3.63, 3.8) is 0 Å². The van der Waals surface area contributed by atoms with Gasteiger partial charge in [0.05, 0.1) is 51.8 Å². The van der Waals surface area contributed by atoms with E-state index >= 15 is 0 Å². The molecule has 0 unspecified atom stereocenters. The Morgan fingerprint density at radius 3 is 2.00 bits per heavy atom. The first-order valence-corrected chi connectivity index (χ1v) is 5.79. The fraction of sp³-hybridized carbons (Fsp3) is 1.00. The van der Waals surface area contributed by atoms with Crippen molar-refractivity contribution in [3.8, 4) is 0 Å². The van der Waals surface area contributed by atoms with E-state index in [0.29, 0.717) is 39.6 Å². The Labute approximate surface area is 103 Å². The number of methoxy groups -OCH3 is 1. The van der Waals surface area contributed by atoms with E-state index in [1.54, 1.807) is 14.0 Å². The summed E-state index contributed by atoms with van der Waals surface area (Å²) in [4.78, 5) is 0. The van der Waals surface area contributed by atoms with Crippen molar-refractivity contribution in [1.29, 1.82) is 0 Å². The summed E-state index contributed by atoms with van der Waals surface area (Å²) in [5.41, 5.74) is -0.641. The SMILES string of the molecule is COCCOCCOCCNC(C)(CO)CO. The van der Waals surface area contributed by atoms with Gasteiger partial charge in [-0.05, 0) is 6.92 Å². The van der Waals surface area contributed by atoms with Crippen LogP contribution in [0.3, 0.4) is 0 Å². The van der Waals surface area contributed by atoms with E-state index in [4.69, 9.17) is 24.4 Å². The molecule has 0 aromatic heterocycles. The Morgan fingerprint density at radius 1 is 0.941 bits per heavy atom. The van der Waals surface area contributed by atoms with E-state index in [-0.39, 0.29) is 13.2 Å². The Morgan fingerprint density at radius 2 is 1.47 bits per heavy atom. The van der Waals surface area contributed by atoms with E-state index < -0.39 is 5.54 Å². The second-order valence-electron chi connectivity index (χ2n) is 4.02. The maximum Gasteiger partial charge on any atom is 0.0701 e. The molecule has 0 atom stereocenters. The Hall–Kier alpha value is -0.240. The molecule has 0 aromatic carbocycles. The highest BCUT2D eigenvalue weighted by atomic mass is 16.5. The first-order valence-electron chi connectivity index (χ1n) is 5.79. The van der Waals surface area contributed by atoms with Gasteiger partial charge in [0.25, 0.3) is 0 Å². The molecule has 0 radical (unpaired) electrons. The highest BCUT2D eigenvalue weighted by Gasteiger charge is 2.20. The number of nitrogens with one attached hydrogen (secondary N) is 1. The summed E-state index contributed by atoms with van der Waals surface area (Å²) in [7, 11) is 1.63. The Balaban J connectivity index is 3.23. The monoisotopic (exact) mass is 251 g/mol. The van der Waals surface area contributed by atoms with Crippen LogP contribution < -0.4 is 5.32 Å². The summed E-state index contributed by atoms with van der Waals surface area (Å²) in [6.07, 6.45) is 0. The lowest BCUT2D eigenvalue weighted by molar-refractivity contribution is 0.0222. The molecule has 104 valence electrons. The largest absolute Gasteiger partial charge is 0.394 e. The van der Waals surface area contributed by atoms with Crippen molar-refractivity contribution in [1.82, 2.24) is 5.32 Å². The van der Waals surface area contributed by atoms with Crippen molar-refractivity contribution in [2.24, 2.45) is 0 Å². The molecule has 0 aliphatic carbocycles. The fourth-order valence-electron chi connectivity index (χ4n) is 1.05. The second kappa shape index (κ2) is 10.9. The molecule has 0 heterocycles. The van der Waals surface area contributed by atoms with Crippen molar-refractivity contribution in [3.05, 3.63) is 0 Å². The number of hydrogen-bond acceptors (Lipinski definition) is 6. The molecule has 0 aliphatic heterocycles. The van der Waals surface area contributed by atoms with E-state index in [2.05, 4.69) is 5.32 Å². The van der Waals surface area contributed by atoms with Crippen LogP contribution in [-0.2, 0) is 14.2 Å². The average Bonchev–Trinajstić information content (AvgIpc) is 2.36. The molecule has 6 heteroatoms. The smallest absolute Gasteiger partial charge is 0.0701 e.